The molecule has 0 aliphatic heterocycles. The summed E-state index contributed by atoms with van der Waals surface area (Å²) < 4.78 is 4.08. The Kier molecular flexibility index (Phi) is 2.90. The lowest BCUT2D eigenvalue weighted by Gasteiger charge is -2.14. The maximum Gasteiger partial charge on any atom is 0.271 e. The summed E-state index contributed by atoms with van der Waals surface area (Å²) in [6, 6.07) is -0.0199. The Morgan fingerprint density at radius 1 is 1.42 bits per heavy atom. The van der Waals surface area contributed by atoms with Gasteiger partial charge in [-0.15, -0.1) is 11.3 Å². The first-order chi connectivity index (χ1) is 9.16. The second-order valence-electron chi connectivity index (χ2n) is 4.52. The van der Waals surface area contributed by atoms with Crippen molar-refractivity contribution in [2.75, 3.05) is 0 Å². The molecular formula is C12H13N5OS. The van der Waals surface area contributed by atoms with E-state index in [0.717, 1.165) is 11.1 Å². The van der Waals surface area contributed by atoms with Crippen LogP contribution in [0.4, 0.5) is 0 Å². The van der Waals surface area contributed by atoms with Crippen LogP contribution in [-0.4, -0.2) is 24.3 Å². The molecule has 0 aliphatic rings. The van der Waals surface area contributed by atoms with Gasteiger partial charge in [0, 0.05) is 0 Å². The van der Waals surface area contributed by atoms with Crippen molar-refractivity contribution >= 4 is 21.6 Å². The van der Waals surface area contributed by atoms with E-state index in [9.17, 15) is 4.79 Å². The van der Waals surface area contributed by atoms with Crippen LogP contribution in [0.25, 0.3) is 10.2 Å². The minimum absolute atomic E-state index is 0.00992. The number of hydrogen-bond donors (Lipinski definition) is 0. The van der Waals surface area contributed by atoms with E-state index in [1.165, 1.54) is 17.7 Å². The molecule has 6 nitrogen and oxygen atoms in total. The average molecular weight is 275 g/mol. The van der Waals surface area contributed by atoms with Gasteiger partial charge in [0.15, 0.2) is 0 Å². The Hall–Kier alpha value is -2.02. The lowest BCUT2D eigenvalue weighted by molar-refractivity contribution is 0.425. The Bertz CT molecular complexity index is 758. The summed E-state index contributed by atoms with van der Waals surface area (Å²) in [4.78, 5) is 20.7. The number of rotatable bonds is 3. The van der Waals surface area contributed by atoms with E-state index in [1.807, 2.05) is 19.2 Å². The predicted molar refractivity (Wildman–Crippen MR) is 73.4 cm³/mol. The van der Waals surface area contributed by atoms with Crippen molar-refractivity contribution in [2.24, 2.45) is 0 Å². The van der Waals surface area contributed by atoms with Crippen LogP contribution in [0.5, 0.6) is 0 Å². The second-order valence-corrected chi connectivity index (χ2v) is 5.40. The van der Waals surface area contributed by atoms with Crippen molar-refractivity contribution in [2.45, 2.75) is 26.4 Å². The van der Waals surface area contributed by atoms with Gasteiger partial charge in [0.05, 0.1) is 24.4 Å². The number of thiophene rings is 1. The molecule has 0 aliphatic carbocycles. The molecule has 0 N–H and O–H groups in total. The fourth-order valence-corrected chi connectivity index (χ4v) is 2.98. The lowest BCUT2D eigenvalue weighted by Crippen LogP contribution is -2.26. The lowest BCUT2D eigenvalue weighted by atomic mass is 10.3. The highest BCUT2D eigenvalue weighted by molar-refractivity contribution is 7.17. The second kappa shape index (κ2) is 4.58. The van der Waals surface area contributed by atoms with Crippen LogP contribution in [0.3, 0.4) is 0 Å². The van der Waals surface area contributed by atoms with Crippen molar-refractivity contribution in [1.29, 1.82) is 0 Å². The highest BCUT2D eigenvalue weighted by atomic mass is 32.1. The average Bonchev–Trinajstić information content (AvgIpc) is 3.01. The van der Waals surface area contributed by atoms with Crippen molar-refractivity contribution in [1.82, 2.24) is 24.3 Å². The first-order valence-electron chi connectivity index (χ1n) is 5.94. The SMILES string of the molecule is Cc1csc2c(=O)n([C@H](C)Cn3cncn3)cnc12. The molecule has 0 fully saturated rings. The Labute approximate surface area is 113 Å². The van der Waals surface area contributed by atoms with E-state index >= 15 is 0 Å². The van der Waals surface area contributed by atoms with Gasteiger partial charge in [-0.05, 0) is 24.8 Å². The molecule has 19 heavy (non-hydrogen) atoms. The first-order valence-corrected chi connectivity index (χ1v) is 6.82. The fraction of sp³-hybridized carbons (Fsp3) is 0.333. The third-order valence-electron chi connectivity index (χ3n) is 3.07. The van der Waals surface area contributed by atoms with Crippen LogP contribution in [0, 0.1) is 6.92 Å². The summed E-state index contributed by atoms with van der Waals surface area (Å²) in [7, 11) is 0. The molecule has 7 heteroatoms. The van der Waals surface area contributed by atoms with Crippen molar-refractivity contribution in [3.8, 4) is 0 Å². The largest absolute Gasteiger partial charge is 0.293 e. The van der Waals surface area contributed by atoms with E-state index in [-0.39, 0.29) is 11.6 Å². The van der Waals surface area contributed by atoms with Crippen LogP contribution < -0.4 is 5.56 Å². The number of hydrogen-bond acceptors (Lipinski definition) is 5. The van der Waals surface area contributed by atoms with Gasteiger partial charge in [-0.1, -0.05) is 0 Å². The fourth-order valence-electron chi connectivity index (χ4n) is 2.04. The molecule has 0 amide bonds. The third kappa shape index (κ3) is 2.06. The molecule has 0 aromatic carbocycles. The Morgan fingerprint density at radius 2 is 2.26 bits per heavy atom. The molecule has 0 unspecified atom stereocenters. The standard InChI is InChI=1S/C12H13N5OS/c1-8-4-19-11-10(8)14-7-17(12(11)18)9(2)3-16-6-13-5-15-16/h4-7,9H,3H2,1-2H3/t9-/m1/s1. The summed E-state index contributed by atoms with van der Waals surface area (Å²) >= 11 is 1.45. The Morgan fingerprint density at radius 3 is 3.00 bits per heavy atom. The van der Waals surface area contributed by atoms with Crippen molar-refractivity contribution < 1.29 is 0 Å². The van der Waals surface area contributed by atoms with Crippen LogP contribution in [0.2, 0.25) is 0 Å². The maximum atomic E-state index is 12.4. The molecule has 3 rings (SSSR count). The molecule has 0 radical (unpaired) electrons. The molecule has 0 spiro atoms. The van der Waals surface area contributed by atoms with Gasteiger partial charge in [0.2, 0.25) is 0 Å². The molecule has 0 bridgehead atoms. The van der Waals surface area contributed by atoms with Gasteiger partial charge in [-0.3, -0.25) is 14.0 Å². The quantitative estimate of drug-likeness (QED) is 0.728. The van der Waals surface area contributed by atoms with Crippen LogP contribution >= 0.6 is 11.3 Å². The number of aromatic nitrogens is 5. The van der Waals surface area contributed by atoms with Gasteiger partial charge in [0.25, 0.3) is 5.56 Å². The maximum absolute atomic E-state index is 12.4. The number of nitrogens with zero attached hydrogens (tertiary/aromatic N) is 5. The summed E-state index contributed by atoms with van der Waals surface area (Å²) in [6.07, 6.45) is 4.74. The zero-order valence-electron chi connectivity index (χ0n) is 10.6. The molecule has 0 saturated heterocycles. The summed E-state index contributed by atoms with van der Waals surface area (Å²) in [6.45, 7) is 4.53. The Balaban J connectivity index is 2.01. The number of fused-ring (bicyclic) bond motifs is 1. The van der Waals surface area contributed by atoms with E-state index in [2.05, 4.69) is 15.1 Å². The monoisotopic (exact) mass is 275 g/mol. The van der Waals surface area contributed by atoms with Gasteiger partial charge < -0.3 is 0 Å². The summed E-state index contributed by atoms with van der Waals surface area (Å²) in [5.41, 5.74) is 1.86. The van der Waals surface area contributed by atoms with Crippen molar-refractivity contribution in [3.05, 3.63) is 40.3 Å². The highest BCUT2D eigenvalue weighted by Crippen LogP contribution is 2.20. The highest BCUT2D eigenvalue weighted by Gasteiger charge is 2.13. The van der Waals surface area contributed by atoms with E-state index in [4.69, 9.17) is 0 Å². The van der Waals surface area contributed by atoms with Crippen LogP contribution in [-0.2, 0) is 6.54 Å². The molecule has 98 valence electrons. The van der Waals surface area contributed by atoms with Crippen molar-refractivity contribution in [3.63, 3.8) is 0 Å². The summed E-state index contributed by atoms with van der Waals surface area (Å²) in [5, 5.41) is 6.01. The molecular weight excluding hydrogens is 262 g/mol. The van der Waals surface area contributed by atoms with Gasteiger partial charge in [-0.2, -0.15) is 5.10 Å². The molecule has 3 aromatic rings. The summed E-state index contributed by atoms with van der Waals surface area (Å²) in [5.74, 6) is 0. The molecule has 3 aromatic heterocycles. The van der Waals surface area contributed by atoms with Crippen LogP contribution in [0.1, 0.15) is 18.5 Å². The van der Waals surface area contributed by atoms with Gasteiger partial charge in [-0.25, -0.2) is 9.97 Å². The predicted octanol–water partition coefficient (Wildman–Crippen LogP) is 1.62. The topological polar surface area (TPSA) is 65.6 Å². The van der Waals surface area contributed by atoms with E-state index in [0.29, 0.717) is 11.2 Å². The smallest absolute Gasteiger partial charge is 0.271 e. The normalized spacial score (nSPS) is 12.9. The first kappa shape index (κ1) is 12.0. The van der Waals surface area contributed by atoms with Crippen LogP contribution in [0.15, 0.2) is 29.2 Å². The molecule has 1 atom stereocenters. The van der Waals surface area contributed by atoms with Gasteiger partial charge >= 0.3 is 0 Å². The third-order valence-corrected chi connectivity index (χ3v) is 4.15. The zero-order chi connectivity index (χ0) is 13.4. The molecule has 0 saturated carbocycles. The minimum atomic E-state index is -0.0199. The molecule has 3 heterocycles. The zero-order valence-corrected chi connectivity index (χ0v) is 11.5. The van der Waals surface area contributed by atoms with E-state index < -0.39 is 0 Å². The van der Waals surface area contributed by atoms with Gasteiger partial charge in [0.1, 0.15) is 17.4 Å². The number of aryl methyl sites for hydroxylation is 1. The van der Waals surface area contributed by atoms with E-state index in [1.54, 1.807) is 21.9 Å². The minimum Gasteiger partial charge on any atom is -0.293 e.